The molecule has 0 aliphatic rings. The van der Waals surface area contributed by atoms with Gasteiger partial charge in [-0.15, -0.1) is 10.2 Å². The molecule has 0 aliphatic carbocycles. The number of non-ortho nitro benzene ring substituents is 1. The zero-order valence-electron chi connectivity index (χ0n) is 14.0. The lowest BCUT2D eigenvalue weighted by Gasteiger charge is -2.03. The number of ketones is 1. The molecule has 0 unspecified atom stereocenters. The van der Waals surface area contributed by atoms with E-state index in [0.29, 0.717) is 10.8 Å². The Labute approximate surface area is 173 Å². The molecule has 0 radical (unpaired) electrons. The number of carbonyl (C=O) groups is 1. The summed E-state index contributed by atoms with van der Waals surface area (Å²) < 4.78 is 10.9. The van der Waals surface area contributed by atoms with Gasteiger partial charge in [0.15, 0.2) is 12.4 Å². The van der Waals surface area contributed by atoms with E-state index in [-0.39, 0.29) is 39.7 Å². The third-order valence-electron chi connectivity index (χ3n) is 3.41. The minimum Gasteiger partial charge on any atom is -0.484 e. The van der Waals surface area contributed by atoms with E-state index < -0.39 is 10.7 Å². The minimum atomic E-state index is -0.592. The second-order valence-electron chi connectivity index (χ2n) is 5.34. The number of rotatable bonds is 8. The second-order valence-corrected chi connectivity index (χ2v) is 7.11. The van der Waals surface area contributed by atoms with Crippen LogP contribution in [0.25, 0.3) is 0 Å². The molecule has 2 aromatic carbocycles. The summed E-state index contributed by atoms with van der Waals surface area (Å²) in [6.07, 6.45) is 0. The molecule has 0 fully saturated rings. The molecule has 0 aliphatic heterocycles. The maximum atomic E-state index is 12.3. The van der Waals surface area contributed by atoms with Crippen molar-refractivity contribution in [3.8, 4) is 5.75 Å². The fourth-order valence-electron chi connectivity index (χ4n) is 2.08. The van der Waals surface area contributed by atoms with Gasteiger partial charge >= 0.3 is 0 Å². The molecular formula is C17H11Cl2N3O5S. The highest BCUT2D eigenvalue weighted by atomic mass is 35.5. The highest BCUT2D eigenvalue weighted by Crippen LogP contribution is 2.25. The number of benzene rings is 2. The molecule has 0 spiro atoms. The number of nitro benzene ring substituents is 1. The van der Waals surface area contributed by atoms with Gasteiger partial charge in [0, 0.05) is 22.7 Å². The molecule has 0 amide bonds. The monoisotopic (exact) mass is 439 g/mol. The quantitative estimate of drug-likeness (QED) is 0.212. The number of carbonyl (C=O) groups excluding carboxylic acids is 1. The van der Waals surface area contributed by atoms with Crippen LogP contribution in [0.2, 0.25) is 10.0 Å². The molecule has 144 valence electrons. The molecule has 28 heavy (non-hydrogen) atoms. The Morgan fingerprint density at radius 2 is 1.93 bits per heavy atom. The fraction of sp³-hybridized carbons (Fsp3) is 0.118. The van der Waals surface area contributed by atoms with E-state index in [4.69, 9.17) is 32.4 Å². The van der Waals surface area contributed by atoms with E-state index in [1.54, 1.807) is 24.3 Å². The van der Waals surface area contributed by atoms with Crippen molar-refractivity contribution < 1.29 is 18.9 Å². The lowest BCUT2D eigenvalue weighted by molar-refractivity contribution is -0.384. The Bertz CT molecular complexity index is 1010. The van der Waals surface area contributed by atoms with E-state index in [1.165, 1.54) is 12.1 Å². The molecule has 3 rings (SSSR count). The highest BCUT2D eigenvalue weighted by molar-refractivity contribution is 7.99. The van der Waals surface area contributed by atoms with Crippen LogP contribution in [0.1, 0.15) is 16.2 Å². The van der Waals surface area contributed by atoms with Gasteiger partial charge in [0.25, 0.3) is 16.8 Å². The van der Waals surface area contributed by atoms with Crippen LogP contribution in [-0.2, 0) is 6.61 Å². The predicted octanol–water partition coefficient (Wildman–Crippen LogP) is 4.84. The number of hydrogen-bond donors (Lipinski definition) is 0. The summed E-state index contributed by atoms with van der Waals surface area (Å²) in [6, 6.07) is 10.5. The van der Waals surface area contributed by atoms with Crippen molar-refractivity contribution in [2.45, 2.75) is 11.8 Å². The molecule has 1 heterocycles. The van der Waals surface area contributed by atoms with E-state index in [0.717, 1.165) is 17.8 Å². The number of halogens is 2. The summed E-state index contributed by atoms with van der Waals surface area (Å²) >= 11 is 12.8. The molecule has 0 N–H and O–H groups in total. The summed E-state index contributed by atoms with van der Waals surface area (Å²) in [5, 5.41) is 19.4. The average Bonchev–Trinajstić information content (AvgIpc) is 3.14. The van der Waals surface area contributed by atoms with Crippen LogP contribution >= 0.6 is 35.0 Å². The largest absolute Gasteiger partial charge is 0.484 e. The van der Waals surface area contributed by atoms with Crippen LogP contribution in [-0.4, -0.2) is 26.7 Å². The summed E-state index contributed by atoms with van der Waals surface area (Å²) in [7, 11) is 0. The molecule has 11 heteroatoms. The number of Topliss-reactive ketones (excluding diaryl/α,β-unsaturated/α-hetero) is 1. The molecule has 8 nitrogen and oxygen atoms in total. The first-order chi connectivity index (χ1) is 13.4. The SMILES string of the molecule is O=C(CSc1nnc(COc2ccc(Cl)cc2)o1)c1cc([N+](=O)[O-])ccc1Cl. The molecule has 0 saturated heterocycles. The number of thioether (sulfide) groups is 1. The van der Waals surface area contributed by atoms with Gasteiger partial charge in [0.2, 0.25) is 0 Å². The Kier molecular flexibility index (Phi) is 6.50. The van der Waals surface area contributed by atoms with Crippen molar-refractivity contribution in [3.63, 3.8) is 0 Å². The molecular weight excluding hydrogens is 429 g/mol. The number of aromatic nitrogens is 2. The van der Waals surface area contributed by atoms with Gasteiger partial charge in [-0.05, 0) is 30.3 Å². The maximum Gasteiger partial charge on any atom is 0.277 e. The smallest absolute Gasteiger partial charge is 0.277 e. The molecule has 0 atom stereocenters. The van der Waals surface area contributed by atoms with Gasteiger partial charge in [0.1, 0.15) is 5.75 Å². The van der Waals surface area contributed by atoms with Crippen LogP contribution in [0.5, 0.6) is 5.75 Å². The van der Waals surface area contributed by atoms with Crippen LogP contribution in [0.3, 0.4) is 0 Å². The topological polar surface area (TPSA) is 108 Å². The lowest BCUT2D eigenvalue weighted by atomic mass is 10.1. The Hall–Kier alpha value is -2.62. The van der Waals surface area contributed by atoms with Crippen molar-refractivity contribution in [1.82, 2.24) is 10.2 Å². The Morgan fingerprint density at radius 3 is 2.64 bits per heavy atom. The van der Waals surface area contributed by atoms with E-state index >= 15 is 0 Å². The van der Waals surface area contributed by atoms with Crippen molar-refractivity contribution in [2.24, 2.45) is 0 Å². The zero-order chi connectivity index (χ0) is 20.1. The maximum absolute atomic E-state index is 12.3. The van der Waals surface area contributed by atoms with E-state index in [2.05, 4.69) is 10.2 Å². The van der Waals surface area contributed by atoms with Gasteiger partial charge in [-0.25, -0.2) is 0 Å². The van der Waals surface area contributed by atoms with Gasteiger partial charge in [-0.3, -0.25) is 14.9 Å². The fourth-order valence-corrected chi connectivity index (χ4v) is 3.09. The van der Waals surface area contributed by atoms with Crippen LogP contribution < -0.4 is 4.74 Å². The molecule has 1 aromatic heterocycles. The highest BCUT2D eigenvalue weighted by Gasteiger charge is 2.17. The third kappa shape index (κ3) is 5.22. The van der Waals surface area contributed by atoms with Crippen molar-refractivity contribution in [3.05, 3.63) is 74.1 Å². The summed E-state index contributed by atoms with van der Waals surface area (Å²) in [4.78, 5) is 22.6. The van der Waals surface area contributed by atoms with Crippen molar-refractivity contribution >= 4 is 46.4 Å². The first-order valence-electron chi connectivity index (χ1n) is 7.73. The van der Waals surface area contributed by atoms with Crippen LogP contribution in [0.15, 0.2) is 52.1 Å². The van der Waals surface area contributed by atoms with Crippen molar-refractivity contribution in [1.29, 1.82) is 0 Å². The van der Waals surface area contributed by atoms with Gasteiger partial charge < -0.3 is 9.15 Å². The van der Waals surface area contributed by atoms with E-state index in [9.17, 15) is 14.9 Å². The molecule has 0 saturated carbocycles. The zero-order valence-corrected chi connectivity index (χ0v) is 16.3. The Morgan fingerprint density at radius 1 is 1.18 bits per heavy atom. The normalized spacial score (nSPS) is 10.6. The average molecular weight is 440 g/mol. The van der Waals surface area contributed by atoms with Crippen LogP contribution in [0.4, 0.5) is 5.69 Å². The van der Waals surface area contributed by atoms with Gasteiger partial charge in [-0.1, -0.05) is 35.0 Å². The number of ether oxygens (including phenoxy) is 1. The molecule has 0 bridgehead atoms. The summed E-state index contributed by atoms with van der Waals surface area (Å²) in [5.41, 5.74) is -0.147. The lowest BCUT2D eigenvalue weighted by Crippen LogP contribution is -2.04. The first-order valence-corrected chi connectivity index (χ1v) is 9.47. The summed E-state index contributed by atoms with van der Waals surface area (Å²) in [5.74, 6) is 0.363. The summed E-state index contributed by atoms with van der Waals surface area (Å²) in [6.45, 7) is 0.0554. The number of nitro groups is 1. The Balaban J connectivity index is 1.57. The standard InChI is InChI=1S/C17H11Cl2N3O5S/c18-10-1-4-12(5-2-10)26-8-16-20-21-17(27-16)28-9-15(23)13-7-11(22(24)25)3-6-14(13)19/h1-7H,8-9H2. The number of hydrogen-bond acceptors (Lipinski definition) is 8. The third-order valence-corrected chi connectivity index (χ3v) is 4.81. The first kappa shape index (κ1) is 20.1. The second kappa shape index (κ2) is 9.05. The molecule has 3 aromatic rings. The van der Waals surface area contributed by atoms with Crippen LogP contribution in [0, 0.1) is 10.1 Å². The van der Waals surface area contributed by atoms with Crippen molar-refractivity contribution in [2.75, 3.05) is 5.75 Å². The van der Waals surface area contributed by atoms with E-state index in [1.807, 2.05) is 0 Å². The number of nitrogens with zero attached hydrogens (tertiary/aromatic N) is 3. The predicted molar refractivity (Wildman–Crippen MR) is 103 cm³/mol. The minimum absolute atomic E-state index is 0.0554. The van der Waals surface area contributed by atoms with Gasteiger partial charge in [0.05, 0.1) is 15.7 Å². The van der Waals surface area contributed by atoms with Gasteiger partial charge in [-0.2, -0.15) is 0 Å².